The Morgan fingerprint density at radius 2 is 1.81 bits per heavy atom. The fourth-order valence-corrected chi connectivity index (χ4v) is 4.56. The fourth-order valence-electron chi connectivity index (χ4n) is 3.50. The van der Waals surface area contributed by atoms with E-state index in [-0.39, 0.29) is 17.1 Å². The maximum Gasteiger partial charge on any atom is 0.340 e. The van der Waals surface area contributed by atoms with Crippen molar-refractivity contribution in [2.75, 3.05) is 28.3 Å². The molecule has 0 aliphatic rings. The molecule has 9 nitrogen and oxygen atoms in total. The van der Waals surface area contributed by atoms with Crippen molar-refractivity contribution in [1.29, 1.82) is 0 Å². The van der Waals surface area contributed by atoms with E-state index >= 15 is 0 Å². The molecule has 10 heteroatoms. The van der Waals surface area contributed by atoms with Gasteiger partial charge >= 0.3 is 16.2 Å². The third-order valence-electron chi connectivity index (χ3n) is 5.11. The van der Waals surface area contributed by atoms with E-state index in [1.54, 1.807) is 24.3 Å². The number of methoxy groups -OCH3 is 2. The van der Waals surface area contributed by atoms with E-state index in [4.69, 9.17) is 9.47 Å². The number of carbonyl (C=O) groups excluding carboxylic acids is 1. The number of hydrogen-bond acceptors (Lipinski definition) is 7. The molecule has 4 aromatic rings. The number of aromatic nitrogens is 3. The molecule has 0 spiro atoms. The van der Waals surface area contributed by atoms with E-state index in [0.29, 0.717) is 22.3 Å². The zero-order valence-electron chi connectivity index (χ0n) is 18.3. The van der Waals surface area contributed by atoms with Gasteiger partial charge in [-0.15, -0.1) is 0 Å². The first-order chi connectivity index (χ1) is 15.2. The molecule has 2 aromatic carbocycles. The first kappa shape index (κ1) is 21.7. The Balaban J connectivity index is 2.18. The summed E-state index contributed by atoms with van der Waals surface area (Å²) in [6, 6.07) is 12.2. The Hall–Kier alpha value is -3.50. The number of fused-ring (bicyclic) bond motifs is 2. The summed E-state index contributed by atoms with van der Waals surface area (Å²) < 4.78 is 39.1. The van der Waals surface area contributed by atoms with Crippen LogP contribution < -0.4 is 4.74 Å². The van der Waals surface area contributed by atoms with Crippen molar-refractivity contribution in [3.05, 3.63) is 53.6 Å². The number of para-hydroxylation sites is 1. The zero-order chi connectivity index (χ0) is 23.2. The molecular formula is C22H22N4O5S. The number of pyridine rings is 1. The van der Waals surface area contributed by atoms with Gasteiger partial charge in [-0.2, -0.15) is 12.7 Å². The highest BCUT2D eigenvalue weighted by atomic mass is 32.2. The van der Waals surface area contributed by atoms with Crippen molar-refractivity contribution >= 4 is 38.1 Å². The molecule has 32 heavy (non-hydrogen) atoms. The Labute approximate surface area is 185 Å². The normalized spacial score (nSPS) is 11.9. The molecule has 2 aromatic heterocycles. The number of nitrogens with zero attached hydrogens (tertiary/aromatic N) is 4. The highest BCUT2D eigenvalue weighted by Crippen LogP contribution is 2.34. The molecule has 0 N–H and O–H groups in total. The number of esters is 1. The second-order valence-electron chi connectivity index (χ2n) is 7.39. The molecule has 0 amide bonds. The second kappa shape index (κ2) is 7.88. The number of imidazole rings is 1. The lowest BCUT2D eigenvalue weighted by Crippen LogP contribution is -2.29. The van der Waals surface area contributed by atoms with Crippen molar-refractivity contribution in [3.63, 3.8) is 0 Å². The molecule has 0 fully saturated rings. The lowest BCUT2D eigenvalue weighted by Gasteiger charge is -2.16. The van der Waals surface area contributed by atoms with Gasteiger partial charge < -0.3 is 9.47 Å². The summed E-state index contributed by atoms with van der Waals surface area (Å²) in [7, 11) is 1.54. The molecular weight excluding hydrogens is 432 g/mol. The van der Waals surface area contributed by atoms with Crippen molar-refractivity contribution in [2.45, 2.75) is 6.92 Å². The molecule has 0 saturated carbocycles. The molecule has 0 aliphatic heterocycles. The van der Waals surface area contributed by atoms with Crippen molar-refractivity contribution in [3.8, 4) is 17.3 Å². The fraction of sp³-hybridized carbons (Fsp3) is 0.227. The third-order valence-corrected chi connectivity index (χ3v) is 6.86. The van der Waals surface area contributed by atoms with E-state index in [1.807, 2.05) is 25.1 Å². The first-order valence-corrected chi connectivity index (χ1v) is 11.1. The average molecular weight is 455 g/mol. The van der Waals surface area contributed by atoms with Gasteiger partial charge in [0.05, 0.1) is 30.8 Å². The van der Waals surface area contributed by atoms with Crippen molar-refractivity contribution in [1.82, 2.24) is 18.2 Å². The number of ether oxygens (including phenoxy) is 2. The SMILES string of the molecule is COC(=O)c1cc2cc(C)ccc2nc1-c1nc2c(OC)cccc2n1S(=O)(=O)N(C)C. The number of benzene rings is 2. The summed E-state index contributed by atoms with van der Waals surface area (Å²) in [6.07, 6.45) is 0. The highest BCUT2D eigenvalue weighted by molar-refractivity contribution is 7.87. The summed E-state index contributed by atoms with van der Waals surface area (Å²) in [5, 5.41) is 0.727. The van der Waals surface area contributed by atoms with Crippen LogP contribution in [-0.2, 0) is 14.9 Å². The van der Waals surface area contributed by atoms with E-state index in [2.05, 4.69) is 9.97 Å². The maximum absolute atomic E-state index is 13.3. The molecule has 0 aliphatic carbocycles. The van der Waals surface area contributed by atoms with Crippen LogP contribution >= 0.6 is 0 Å². The second-order valence-corrected chi connectivity index (χ2v) is 9.38. The van der Waals surface area contributed by atoms with Gasteiger partial charge in [0.1, 0.15) is 17.0 Å². The van der Waals surface area contributed by atoms with E-state index in [1.165, 1.54) is 28.3 Å². The van der Waals surface area contributed by atoms with Gasteiger partial charge in [-0.25, -0.2) is 18.7 Å². The Morgan fingerprint density at radius 1 is 1.06 bits per heavy atom. The zero-order valence-corrected chi connectivity index (χ0v) is 19.1. The minimum Gasteiger partial charge on any atom is -0.494 e. The minimum absolute atomic E-state index is 0.0129. The lowest BCUT2D eigenvalue weighted by molar-refractivity contribution is 0.0601. The van der Waals surface area contributed by atoms with Crippen LogP contribution in [0.4, 0.5) is 0 Å². The summed E-state index contributed by atoms with van der Waals surface area (Å²) in [4.78, 5) is 21.9. The summed E-state index contributed by atoms with van der Waals surface area (Å²) in [5.74, 6) is -0.266. The third kappa shape index (κ3) is 3.37. The predicted molar refractivity (Wildman–Crippen MR) is 121 cm³/mol. The van der Waals surface area contributed by atoms with E-state index < -0.39 is 16.2 Å². The van der Waals surface area contributed by atoms with Gasteiger partial charge in [-0.1, -0.05) is 17.7 Å². The molecule has 2 heterocycles. The molecule has 4 rings (SSSR count). The van der Waals surface area contributed by atoms with Crippen LogP contribution in [0.1, 0.15) is 15.9 Å². The van der Waals surface area contributed by atoms with Crippen LogP contribution in [0.5, 0.6) is 5.75 Å². The molecule has 0 bridgehead atoms. The summed E-state index contributed by atoms with van der Waals surface area (Å²) in [6.45, 7) is 1.93. The minimum atomic E-state index is -4.03. The standard InChI is InChI=1S/C22H22N4O5S/c1-13-9-10-16-14(11-13)12-15(22(27)31-5)19(23-16)21-24-20-17(7-6-8-18(20)30-4)26(21)32(28,29)25(2)3/h6-12H,1-5H3. The van der Waals surface area contributed by atoms with Crippen LogP contribution in [0.15, 0.2) is 42.5 Å². The van der Waals surface area contributed by atoms with Crippen LogP contribution in [-0.4, -0.2) is 60.9 Å². The largest absolute Gasteiger partial charge is 0.494 e. The molecule has 0 saturated heterocycles. The quantitative estimate of drug-likeness (QED) is 0.427. The number of hydrogen-bond donors (Lipinski definition) is 0. The van der Waals surface area contributed by atoms with E-state index in [9.17, 15) is 13.2 Å². The molecule has 166 valence electrons. The van der Waals surface area contributed by atoms with Crippen LogP contribution in [0.3, 0.4) is 0 Å². The average Bonchev–Trinajstić information content (AvgIpc) is 3.17. The highest BCUT2D eigenvalue weighted by Gasteiger charge is 2.30. The Morgan fingerprint density at radius 3 is 2.47 bits per heavy atom. The summed E-state index contributed by atoms with van der Waals surface area (Å²) >= 11 is 0. The topological polar surface area (TPSA) is 104 Å². The maximum atomic E-state index is 13.3. The van der Waals surface area contributed by atoms with Gasteiger partial charge in [-0.05, 0) is 37.3 Å². The van der Waals surface area contributed by atoms with E-state index in [0.717, 1.165) is 19.2 Å². The smallest absolute Gasteiger partial charge is 0.340 e. The lowest BCUT2D eigenvalue weighted by atomic mass is 10.1. The van der Waals surface area contributed by atoms with Crippen molar-refractivity contribution in [2.24, 2.45) is 0 Å². The Kier molecular flexibility index (Phi) is 5.35. The van der Waals surface area contributed by atoms with Gasteiger partial charge in [0.15, 0.2) is 5.82 Å². The van der Waals surface area contributed by atoms with Gasteiger partial charge in [-0.3, -0.25) is 0 Å². The monoisotopic (exact) mass is 454 g/mol. The summed E-state index contributed by atoms with van der Waals surface area (Å²) in [5.41, 5.74) is 2.42. The molecule has 0 atom stereocenters. The van der Waals surface area contributed by atoms with Crippen molar-refractivity contribution < 1.29 is 22.7 Å². The molecule has 0 radical (unpaired) electrons. The molecule has 0 unspecified atom stereocenters. The van der Waals surface area contributed by atoms with Crippen LogP contribution in [0.25, 0.3) is 33.5 Å². The number of carbonyl (C=O) groups is 1. The number of rotatable bonds is 5. The Bertz CT molecular complexity index is 1470. The van der Waals surface area contributed by atoms with Crippen LogP contribution in [0.2, 0.25) is 0 Å². The first-order valence-electron chi connectivity index (χ1n) is 9.67. The van der Waals surface area contributed by atoms with Gasteiger partial charge in [0.2, 0.25) is 0 Å². The van der Waals surface area contributed by atoms with Gasteiger partial charge in [0.25, 0.3) is 0 Å². The van der Waals surface area contributed by atoms with Gasteiger partial charge in [0, 0.05) is 19.5 Å². The number of aryl methyl sites for hydroxylation is 1. The van der Waals surface area contributed by atoms with Crippen LogP contribution in [0, 0.1) is 6.92 Å². The predicted octanol–water partition coefficient (Wildman–Crippen LogP) is 3.01.